The minimum Gasteiger partial charge on any atom is -0.494 e. The molecule has 0 spiro atoms. The number of hydrogen-bond acceptors (Lipinski definition) is 19. The van der Waals surface area contributed by atoms with Crippen LogP contribution in [0.3, 0.4) is 0 Å². The van der Waals surface area contributed by atoms with Crippen LogP contribution >= 0.6 is 0 Å². The molecule has 2 aromatic carbocycles. The molecule has 89 heavy (non-hydrogen) atoms. The molecular formula is C62H87F2N13O12. The number of amides is 5. The maximum Gasteiger partial charge on any atom is 0.317 e. The molecule has 25 nitrogen and oxygen atoms in total. The predicted molar refractivity (Wildman–Crippen MR) is 327 cm³/mol. The zero-order valence-electron chi connectivity index (χ0n) is 51.0. The van der Waals surface area contributed by atoms with E-state index in [1.54, 1.807) is 29.3 Å². The summed E-state index contributed by atoms with van der Waals surface area (Å²) in [7, 11) is 0. The van der Waals surface area contributed by atoms with Gasteiger partial charge in [0.25, 0.3) is 24.8 Å². The van der Waals surface area contributed by atoms with Crippen LogP contribution in [0.2, 0.25) is 0 Å². The summed E-state index contributed by atoms with van der Waals surface area (Å²) in [5, 5.41) is 23.2. The summed E-state index contributed by atoms with van der Waals surface area (Å²) >= 11 is 0. The normalized spacial score (nSPS) is 17.8. The van der Waals surface area contributed by atoms with Gasteiger partial charge in [0.15, 0.2) is 0 Å². The number of terminal acetylenes is 1. The Hall–Kier alpha value is -7.90. The average Bonchev–Trinajstić information content (AvgIpc) is 2.10. The molecule has 3 aliphatic heterocycles. The third kappa shape index (κ3) is 25.6. The quantitative estimate of drug-likeness (QED) is 0.0143. The minimum atomic E-state index is -3.09. The van der Waals surface area contributed by atoms with E-state index in [2.05, 4.69) is 66.5 Å². The first-order valence-corrected chi connectivity index (χ1v) is 30.5. The van der Waals surface area contributed by atoms with Crippen LogP contribution in [-0.2, 0) is 49.5 Å². The molecule has 3 aliphatic rings. The number of pyridine rings is 1. The van der Waals surface area contributed by atoms with Gasteiger partial charge in [-0.1, -0.05) is 35.7 Å². The second-order valence-corrected chi connectivity index (χ2v) is 22.5. The molecule has 486 valence electrons. The van der Waals surface area contributed by atoms with Crippen LogP contribution < -0.4 is 26.1 Å². The lowest BCUT2D eigenvalue weighted by Gasteiger charge is -2.34. The summed E-state index contributed by atoms with van der Waals surface area (Å²) < 4.78 is 44.1. The van der Waals surface area contributed by atoms with E-state index in [1.165, 1.54) is 23.4 Å². The molecule has 4 heterocycles. The van der Waals surface area contributed by atoms with Crippen molar-refractivity contribution >= 4 is 65.6 Å². The average molecular weight is 1240 g/mol. The summed E-state index contributed by atoms with van der Waals surface area (Å²) in [6.07, 6.45) is 13.1. The highest BCUT2D eigenvalue weighted by Crippen LogP contribution is 2.32. The zero-order chi connectivity index (χ0) is 63.8. The topological polar surface area (TPSA) is 281 Å². The lowest BCUT2D eigenvalue weighted by Crippen LogP contribution is -2.51. The van der Waals surface area contributed by atoms with Gasteiger partial charge in [0.1, 0.15) is 25.4 Å². The molecule has 0 saturated carbocycles. The minimum absolute atomic E-state index is 0.00384. The fourth-order valence-electron chi connectivity index (χ4n) is 10.6. The molecule has 5 N–H and O–H groups in total. The number of piperazine rings is 1. The van der Waals surface area contributed by atoms with Crippen LogP contribution in [0.25, 0.3) is 10.9 Å². The number of halogens is 2. The zero-order valence-corrected chi connectivity index (χ0v) is 51.0. The summed E-state index contributed by atoms with van der Waals surface area (Å²) in [4.78, 5) is 117. The molecule has 2 atom stereocenters. The van der Waals surface area contributed by atoms with E-state index in [0.29, 0.717) is 153 Å². The Kier molecular flexibility index (Phi) is 29.8. The summed E-state index contributed by atoms with van der Waals surface area (Å²) in [6, 6.07) is 13.9. The number of aromatic nitrogens is 1. The first kappa shape index (κ1) is 70.2. The van der Waals surface area contributed by atoms with Crippen LogP contribution in [0, 0.1) is 19.3 Å². The largest absolute Gasteiger partial charge is 0.494 e. The van der Waals surface area contributed by atoms with Crippen LogP contribution in [0.5, 0.6) is 5.75 Å². The molecule has 1 aromatic heterocycles. The number of fused-ring (bicyclic) bond motifs is 1. The third-order valence-corrected chi connectivity index (χ3v) is 15.7. The van der Waals surface area contributed by atoms with Gasteiger partial charge in [0.05, 0.1) is 49.9 Å². The van der Waals surface area contributed by atoms with Crippen molar-refractivity contribution in [1.29, 1.82) is 0 Å². The number of benzene rings is 2. The molecule has 1 unspecified atom stereocenters. The van der Waals surface area contributed by atoms with Gasteiger partial charge in [-0.3, -0.25) is 73.3 Å². The number of rotatable bonds is 34. The van der Waals surface area contributed by atoms with Crippen LogP contribution in [0.1, 0.15) is 85.7 Å². The van der Waals surface area contributed by atoms with Gasteiger partial charge < -0.3 is 45.1 Å². The van der Waals surface area contributed by atoms with Crippen LogP contribution in [-0.4, -0.2) is 255 Å². The number of likely N-dealkylation sites (tertiary alicyclic amines) is 1. The number of unbranched alkanes of at least 4 members (excludes halogenated alkanes) is 2. The Morgan fingerprint density at radius 3 is 2.10 bits per heavy atom. The van der Waals surface area contributed by atoms with E-state index < -0.39 is 55.4 Å². The molecule has 3 saturated heterocycles. The maximum absolute atomic E-state index is 14.0. The lowest BCUT2D eigenvalue weighted by molar-refractivity contribution is -0.139. The van der Waals surface area contributed by atoms with E-state index in [1.807, 2.05) is 26.5 Å². The number of nitrogens with zero attached hydrogens (tertiary/aromatic N) is 9. The van der Waals surface area contributed by atoms with Gasteiger partial charge in [0.2, 0.25) is 23.6 Å². The van der Waals surface area contributed by atoms with E-state index in [9.17, 15) is 52.2 Å². The molecule has 3 aromatic rings. The SMILES string of the molecule is C#C[C@H]1CC(F)(F)CN1C(=O)CNC(=O)c1ccnc2ccc(OCCCCN3CCN(C(=O)CC/C=N/NC(CCCCNC(=O)CCCc4ccc(C)cc4)NC(=O)CN4CCN(COC=O)CCN(COC=O)CCN(CC(=O)O)CC4)CC3)cc12. The monoisotopic (exact) mass is 1240 g/mol. The van der Waals surface area contributed by atoms with Gasteiger partial charge in [-0.15, -0.1) is 6.42 Å². The van der Waals surface area contributed by atoms with Crippen molar-refractivity contribution in [2.45, 2.75) is 95.7 Å². The number of carboxylic acids is 1. The molecular weight excluding hydrogens is 1160 g/mol. The number of aliphatic carboxylic acids is 1. The number of hydrazone groups is 1. The first-order valence-electron chi connectivity index (χ1n) is 30.5. The number of carboxylic acid groups (broad SMARTS) is 1. The molecule has 3 fully saturated rings. The highest BCUT2D eigenvalue weighted by atomic mass is 19.3. The molecule has 0 radical (unpaired) electrons. The van der Waals surface area contributed by atoms with Crippen LogP contribution in [0.4, 0.5) is 8.78 Å². The van der Waals surface area contributed by atoms with Crippen LogP contribution in [0.15, 0.2) is 59.8 Å². The van der Waals surface area contributed by atoms with Gasteiger partial charge in [0, 0.05) is 122 Å². The molecule has 0 aliphatic carbocycles. The fourth-order valence-corrected chi connectivity index (χ4v) is 10.6. The number of nitrogens with one attached hydrogen (secondary N) is 4. The Balaban J connectivity index is 0.934. The van der Waals surface area contributed by atoms with Crippen molar-refractivity contribution in [3.8, 4) is 18.1 Å². The van der Waals surface area contributed by atoms with E-state index in [0.717, 1.165) is 37.1 Å². The number of carbonyl (C=O) groups excluding carboxylic acids is 7. The highest BCUT2D eigenvalue weighted by Gasteiger charge is 2.46. The predicted octanol–water partition coefficient (Wildman–Crippen LogP) is 2.12. The molecule has 6 rings (SSSR count). The van der Waals surface area contributed by atoms with E-state index >= 15 is 0 Å². The van der Waals surface area contributed by atoms with E-state index in [4.69, 9.17) is 20.6 Å². The van der Waals surface area contributed by atoms with Gasteiger partial charge in [-0.25, -0.2) is 8.78 Å². The second kappa shape index (κ2) is 37.8. The van der Waals surface area contributed by atoms with Crippen molar-refractivity contribution in [3.05, 3.63) is 71.4 Å². The van der Waals surface area contributed by atoms with Gasteiger partial charge in [-0.05, 0) is 94.7 Å². The maximum atomic E-state index is 14.0. The number of carbonyl (C=O) groups is 8. The molecule has 27 heteroatoms. The molecule has 5 amide bonds. The van der Waals surface area contributed by atoms with Crippen molar-refractivity contribution in [3.63, 3.8) is 0 Å². The Labute approximate surface area is 519 Å². The Morgan fingerprint density at radius 2 is 1.44 bits per heavy atom. The Bertz CT molecular complexity index is 2840. The Morgan fingerprint density at radius 1 is 0.775 bits per heavy atom. The highest BCUT2D eigenvalue weighted by molar-refractivity contribution is 6.07. The smallest absolute Gasteiger partial charge is 0.317 e. The first-order chi connectivity index (χ1) is 43.0. The number of ether oxygens (including phenoxy) is 3. The standard InChI is InChI=1S/C62H87F2N13O12/c1-3-50-39-62(63,64)43-77(50)59(83)40-67-61(86)52-20-23-65-54-19-18-51(38-53(52)54)89-37-7-6-24-71-33-35-76(36-34-71)58(82)13-9-22-68-70-55(11-4-5-21-66-56(80)12-8-10-49-16-14-48(2)15-17-49)69-57(81)41-72-25-26-73(42-60(84)85)28-30-75(45-88-47-79)32-31-74(29-27-72)44-87-46-78/h1,14-20,22-23,38,46-47,50,55,70H,4-13,21,24-37,39-45H2,2H3,(H,66,80)(H,67,86)(H,69,81)(H,84,85)/b68-22+/t50-,55?/m0/s1. The van der Waals surface area contributed by atoms with Gasteiger partial charge >= 0.3 is 5.97 Å². The number of hydrogen-bond donors (Lipinski definition) is 5. The van der Waals surface area contributed by atoms with Gasteiger partial charge in [-0.2, -0.15) is 5.10 Å². The van der Waals surface area contributed by atoms with Crippen molar-refractivity contribution in [1.82, 2.24) is 60.7 Å². The van der Waals surface area contributed by atoms with Crippen molar-refractivity contribution in [2.75, 3.05) is 138 Å². The van der Waals surface area contributed by atoms with Crippen molar-refractivity contribution < 1.29 is 66.5 Å². The number of aryl methyl sites for hydroxylation is 2. The van der Waals surface area contributed by atoms with E-state index in [-0.39, 0.29) is 56.3 Å². The number of alkyl halides is 2. The van der Waals surface area contributed by atoms with Crippen molar-refractivity contribution in [2.24, 2.45) is 5.10 Å². The summed E-state index contributed by atoms with van der Waals surface area (Å²) in [5.74, 6) is -2.93. The summed E-state index contributed by atoms with van der Waals surface area (Å²) in [6.45, 7) is 8.56. The third-order valence-electron chi connectivity index (χ3n) is 15.7. The second-order valence-electron chi connectivity index (χ2n) is 22.5. The molecule has 0 bridgehead atoms. The summed E-state index contributed by atoms with van der Waals surface area (Å²) in [5.41, 5.74) is 6.22. The fraction of sp³-hybridized carbons (Fsp3) is 0.581. The lowest BCUT2D eigenvalue weighted by atomic mass is 10.1.